The van der Waals surface area contributed by atoms with Crippen molar-refractivity contribution in [1.29, 1.82) is 0 Å². The van der Waals surface area contributed by atoms with E-state index >= 15 is 0 Å². The third kappa shape index (κ3) is 3.11. The maximum atomic E-state index is 9.40. The second kappa shape index (κ2) is 5.69. The zero-order valence-corrected chi connectivity index (χ0v) is 10.7. The summed E-state index contributed by atoms with van der Waals surface area (Å²) in [7, 11) is 0. The number of aromatic nitrogens is 2. The number of nitrogens with zero attached hydrogens (tertiary/aromatic N) is 2. The lowest BCUT2D eigenvalue weighted by molar-refractivity contribution is 0.199. The highest BCUT2D eigenvalue weighted by Gasteiger charge is 2.01. The molecule has 0 amide bonds. The Labute approximate surface area is 107 Å². The molecule has 1 aromatic carbocycles. The highest BCUT2D eigenvalue weighted by atomic mass is 16.5. The maximum Gasteiger partial charge on any atom is 0.119 e. The zero-order chi connectivity index (χ0) is 13.0. The molecule has 1 aromatic heterocycles. The molecule has 0 aliphatic heterocycles. The predicted molar refractivity (Wildman–Crippen MR) is 69.5 cm³/mol. The molecule has 0 unspecified atom stereocenters. The molecule has 0 fully saturated rings. The van der Waals surface area contributed by atoms with Gasteiger partial charge in [0.2, 0.25) is 0 Å². The average Bonchev–Trinajstić information content (AvgIpc) is 2.76. The summed E-state index contributed by atoms with van der Waals surface area (Å²) in [5, 5.41) is 9.40. The molecule has 4 nitrogen and oxygen atoms in total. The first-order chi connectivity index (χ1) is 8.66. The van der Waals surface area contributed by atoms with Crippen molar-refractivity contribution < 1.29 is 9.84 Å². The van der Waals surface area contributed by atoms with Crippen LogP contribution in [0.2, 0.25) is 0 Å². The maximum absolute atomic E-state index is 9.40. The summed E-state index contributed by atoms with van der Waals surface area (Å²) in [6, 6.07) is 7.51. The normalized spacial score (nSPS) is 12.4. The highest BCUT2D eigenvalue weighted by molar-refractivity contribution is 5.28. The monoisotopic (exact) mass is 246 g/mol. The van der Waals surface area contributed by atoms with E-state index in [0.29, 0.717) is 6.61 Å². The number of aliphatic hydroxyl groups is 1. The van der Waals surface area contributed by atoms with Gasteiger partial charge in [0.25, 0.3) is 0 Å². The lowest BCUT2D eigenvalue weighted by atomic mass is 10.1. The molecule has 18 heavy (non-hydrogen) atoms. The van der Waals surface area contributed by atoms with Crippen LogP contribution in [0.5, 0.6) is 5.75 Å². The van der Waals surface area contributed by atoms with Gasteiger partial charge in [0, 0.05) is 12.4 Å². The summed E-state index contributed by atoms with van der Waals surface area (Å²) in [6.07, 6.45) is 3.29. The molecule has 0 saturated heterocycles. The topological polar surface area (TPSA) is 47.3 Å². The van der Waals surface area contributed by atoms with E-state index in [1.807, 2.05) is 42.0 Å². The zero-order valence-electron chi connectivity index (χ0n) is 10.7. The predicted octanol–water partition coefficient (Wildman–Crippen LogP) is 2.32. The smallest absolute Gasteiger partial charge is 0.119 e. The molecular formula is C14H18N2O2. The number of hydrogen-bond donors (Lipinski definition) is 1. The molecule has 0 radical (unpaired) electrons. The fourth-order valence-electron chi connectivity index (χ4n) is 1.74. The number of imidazole rings is 1. The first-order valence-corrected chi connectivity index (χ1v) is 6.05. The molecular weight excluding hydrogens is 228 g/mol. The van der Waals surface area contributed by atoms with Gasteiger partial charge in [-0.05, 0) is 31.5 Å². The van der Waals surface area contributed by atoms with Gasteiger partial charge in [-0.1, -0.05) is 12.1 Å². The van der Waals surface area contributed by atoms with E-state index in [0.717, 1.165) is 23.7 Å². The Morgan fingerprint density at radius 3 is 2.61 bits per heavy atom. The number of benzene rings is 1. The van der Waals surface area contributed by atoms with Crippen LogP contribution in [0.15, 0.2) is 36.7 Å². The van der Waals surface area contributed by atoms with Gasteiger partial charge in [0.15, 0.2) is 0 Å². The van der Waals surface area contributed by atoms with Crippen LogP contribution in [-0.2, 0) is 6.54 Å². The van der Waals surface area contributed by atoms with Crippen molar-refractivity contribution in [3.63, 3.8) is 0 Å². The lowest BCUT2D eigenvalue weighted by Gasteiger charge is -2.09. The molecule has 0 aliphatic rings. The molecule has 4 heteroatoms. The number of hydrogen-bond acceptors (Lipinski definition) is 3. The number of aliphatic hydroxyl groups excluding tert-OH is 1. The van der Waals surface area contributed by atoms with Crippen LogP contribution in [-0.4, -0.2) is 21.3 Å². The van der Waals surface area contributed by atoms with Crippen molar-refractivity contribution in [3.05, 3.63) is 48.0 Å². The van der Waals surface area contributed by atoms with Crippen molar-refractivity contribution >= 4 is 0 Å². The van der Waals surface area contributed by atoms with Crippen LogP contribution in [0.1, 0.15) is 24.4 Å². The summed E-state index contributed by atoms with van der Waals surface area (Å²) in [5.74, 6) is 1.81. The van der Waals surface area contributed by atoms with Gasteiger partial charge in [-0.25, -0.2) is 4.98 Å². The third-order valence-electron chi connectivity index (χ3n) is 2.89. The molecule has 2 aromatic rings. The van der Waals surface area contributed by atoms with Crippen LogP contribution in [0.25, 0.3) is 0 Å². The van der Waals surface area contributed by atoms with Crippen LogP contribution in [0.4, 0.5) is 0 Å². The quantitative estimate of drug-likeness (QED) is 0.880. The SMILES string of the molecule is Cc1nccn1CCOc1ccc([C@H](C)O)cc1. The third-order valence-corrected chi connectivity index (χ3v) is 2.89. The summed E-state index contributed by atoms with van der Waals surface area (Å²) >= 11 is 0. The molecule has 96 valence electrons. The second-order valence-corrected chi connectivity index (χ2v) is 4.26. The van der Waals surface area contributed by atoms with Crippen LogP contribution >= 0.6 is 0 Å². The number of aryl methyl sites for hydroxylation is 1. The Bertz CT molecular complexity index is 489. The molecule has 0 aliphatic carbocycles. The fraction of sp³-hybridized carbons (Fsp3) is 0.357. The van der Waals surface area contributed by atoms with Gasteiger partial charge in [0.1, 0.15) is 18.2 Å². The molecule has 0 saturated carbocycles. The van der Waals surface area contributed by atoms with E-state index in [-0.39, 0.29) is 0 Å². The molecule has 1 N–H and O–H groups in total. The van der Waals surface area contributed by atoms with Gasteiger partial charge in [-0.15, -0.1) is 0 Å². The molecule has 1 heterocycles. The first-order valence-electron chi connectivity index (χ1n) is 6.05. The van der Waals surface area contributed by atoms with Gasteiger partial charge in [0.05, 0.1) is 12.6 Å². The van der Waals surface area contributed by atoms with E-state index < -0.39 is 6.10 Å². The summed E-state index contributed by atoms with van der Waals surface area (Å²) in [4.78, 5) is 4.15. The summed E-state index contributed by atoms with van der Waals surface area (Å²) in [6.45, 7) is 5.10. The van der Waals surface area contributed by atoms with Crippen LogP contribution in [0, 0.1) is 6.92 Å². The van der Waals surface area contributed by atoms with Crippen LogP contribution < -0.4 is 4.74 Å². The van der Waals surface area contributed by atoms with Gasteiger partial charge in [-0.2, -0.15) is 0 Å². The minimum absolute atomic E-state index is 0.437. The van der Waals surface area contributed by atoms with E-state index in [4.69, 9.17) is 4.74 Å². The van der Waals surface area contributed by atoms with Crippen LogP contribution in [0.3, 0.4) is 0 Å². The van der Waals surface area contributed by atoms with E-state index in [9.17, 15) is 5.11 Å². The van der Waals surface area contributed by atoms with E-state index in [1.165, 1.54) is 0 Å². The Morgan fingerprint density at radius 1 is 1.33 bits per heavy atom. The first kappa shape index (κ1) is 12.6. The van der Waals surface area contributed by atoms with Crippen molar-refractivity contribution in [2.24, 2.45) is 0 Å². The average molecular weight is 246 g/mol. The van der Waals surface area contributed by atoms with Gasteiger partial charge in [-0.3, -0.25) is 0 Å². The molecule has 2 rings (SSSR count). The lowest BCUT2D eigenvalue weighted by Crippen LogP contribution is -2.08. The van der Waals surface area contributed by atoms with Crippen molar-refractivity contribution in [3.8, 4) is 5.75 Å². The molecule has 0 bridgehead atoms. The number of rotatable bonds is 5. The highest BCUT2D eigenvalue weighted by Crippen LogP contribution is 2.17. The van der Waals surface area contributed by atoms with Crippen molar-refractivity contribution in [2.75, 3.05) is 6.61 Å². The van der Waals surface area contributed by atoms with Crippen molar-refractivity contribution in [2.45, 2.75) is 26.5 Å². The van der Waals surface area contributed by atoms with Crippen molar-refractivity contribution in [1.82, 2.24) is 9.55 Å². The van der Waals surface area contributed by atoms with Gasteiger partial charge < -0.3 is 14.4 Å². The fourth-order valence-corrected chi connectivity index (χ4v) is 1.74. The summed E-state index contributed by atoms with van der Waals surface area (Å²) < 4.78 is 7.68. The Morgan fingerprint density at radius 2 is 2.06 bits per heavy atom. The second-order valence-electron chi connectivity index (χ2n) is 4.26. The Hall–Kier alpha value is -1.81. The standard InChI is InChI=1S/C14H18N2O2/c1-11(17)13-3-5-14(6-4-13)18-10-9-16-8-7-15-12(16)2/h3-8,11,17H,9-10H2,1-2H3/t11-/m0/s1. The minimum Gasteiger partial charge on any atom is -0.492 e. The van der Waals surface area contributed by atoms with E-state index in [1.54, 1.807) is 13.1 Å². The Balaban J connectivity index is 1.85. The number of ether oxygens (including phenoxy) is 1. The summed E-state index contributed by atoms with van der Waals surface area (Å²) in [5.41, 5.74) is 0.896. The molecule has 1 atom stereocenters. The largest absolute Gasteiger partial charge is 0.492 e. The molecule has 0 spiro atoms. The Kier molecular flexibility index (Phi) is 3.99. The van der Waals surface area contributed by atoms with Gasteiger partial charge >= 0.3 is 0 Å². The van der Waals surface area contributed by atoms with E-state index in [2.05, 4.69) is 4.98 Å². The minimum atomic E-state index is -0.437.